The molecule has 8 heteroatoms. The van der Waals surface area contributed by atoms with Crippen molar-refractivity contribution in [2.45, 2.75) is 0 Å². The number of fused-ring (bicyclic) bond motifs is 1. The first-order valence-corrected chi connectivity index (χ1v) is 6.85. The van der Waals surface area contributed by atoms with E-state index < -0.39 is 5.97 Å². The van der Waals surface area contributed by atoms with Crippen molar-refractivity contribution in [1.29, 1.82) is 0 Å². The molecule has 3 rings (SSSR count). The second kappa shape index (κ2) is 5.18. The van der Waals surface area contributed by atoms with Crippen molar-refractivity contribution in [2.75, 3.05) is 0 Å². The van der Waals surface area contributed by atoms with Gasteiger partial charge in [-0.15, -0.1) is 0 Å². The number of carbonyl (C=O) groups is 1. The van der Waals surface area contributed by atoms with Crippen molar-refractivity contribution in [3.63, 3.8) is 0 Å². The molecule has 1 aromatic carbocycles. The molecule has 106 valence electrons. The summed E-state index contributed by atoms with van der Waals surface area (Å²) in [5.41, 5.74) is 1.20. The van der Waals surface area contributed by atoms with Gasteiger partial charge in [-0.3, -0.25) is 0 Å². The van der Waals surface area contributed by atoms with Crippen LogP contribution in [0.5, 0.6) is 0 Å². The number of benzene rings is 1. The third-order valence-corrected chi connectivity index (χ3v) is 3.69. The lowest BCUT2D eigenvalue weighted by Gasteiger charge is -2.08. The van der Waals surface area contributed by atoms with Crippen LogP contribution >= 0.6 is 34.8 Å². The fraction of sp³-hybridized carbons (Fsp3) is 0. The molecular formula is C13H6Cl3N3O2. The zero-order valence-corrected chi connectivity index (χ0v) is 12.5. The van der Waals surface area contributed by atoms with E-state index in [1.165, 1.54) is 10.6 Å². The van der Waals surface area contributed by atoms with Crippen molar-refractivity contribution in [1.82, 2.24) is 14.6 Å². The molecule has 0 radical (unpaired) electrons. The second-order valence-electron chi connectivity index (χ2n) is 4.18. The van der Waals surface area contributed by atoms with Crippen molar-refractivity contribution < 1.29 is 9.90 Å². The summed E-state index contributed by atoms with van der Waals surface area (Å²) in [5.74, 6) is -1.17. The summed E-state index contributed by atoms with van der Waals surface area (Å²) in [4.78, 5) is 15.1. The van der Waals surface area contributed by atoms with Gasteiger partial charge in [0.2, 0.25) is 0 Å². The van der Waals surface area contributed by atoms with Crippen LogP contribution in [0.4, 0.5) is 0 Å². The Morgan fingerprint density at radius 3 is 2.62 bits per heavy atom. The van der Waals surface area contributed by atoms with Gasteiger partial charge in [0.25, 0.3) is 0 Å². The average Bonchev–Trinajstić information content (AvgIpc) is 2.83. The topological polar surface area (TPSA) is 67.5 Å². The lowest BCUT2D eigenvalue weighted by Crippen LogP contribution is -2.00. The van der Waals surface area contributed by atoms with E-state index in [2.05, 4.69) is 10.1 Å². The zero-order valence-electron chi connectivity index (χ0n) is 10.2. The minimum Gasteiger partial charge on any atom is -0.476 e. The highest BCUT2D eigenvalue weighted by Gasteiger charge is 2.18. The number of halogens is 3. The summed E-state index contributed by atoms with van der Waals surface area (Å²) < 4.78 is 1.23. The monoisotopic (exact) mass is 341 g/mol. The van der Waals surface area contributed by atoms with E-state index in [1.54, 1.807) is 24.3 Å². The second-order valence-corrected chi connectivity index (χ2v) is 5.34. The van der Waals surface area contributed by atoms with Gasteiger partial charge < -0.3 is 5.11 Å². The summed E-state index contributed by atoms with van der Waals surface area (Å²) in [6.07, 6.45) is 0. The van der Waals surface area contributed by atoms with Gasteiger partial charge in [-0.25, -0.2) is 14.3 Å². The van der Waals surface area contributed by atoms with Gasteiger partial charge in [-0.1, -0.05) is 46.9 Å². The lowest BCUT2D eigenvalue weighted by atomic mass is 10.1. The SMILES string of the molecule is O=C(O)c1cc2nc(Cl)c(-c3cccc(Cl)c3)c(Cl)n2n1. The predicted molar refractivity (Wildman–Crippen MR) is 80.4 cm³/mol. The van der Waals surface area contributed by atoms with Crippen molar-refractivity contribution in [3.05, 3.63) is 51.4 Å². The number of carboxylic acids is 1. The van der Waals surface area contributed by atoms with Crippen LogP contribution in [0.1, 0.15) is 10.5 Å². The highest BCUT2D eigenvalue weighted by atomic mass is 35.5. The Balaban J connectivity index is 2.31. The summed E-state index contributed by atoms with van der Waals surface area (Å²) in [6.45, 7) is 0. The highest BCUT2D eigenvalue weighted by Crippen LogP contribution is 2.35. The van der Waals surface area contributed by atoms with Gasteiger partial charge in [0.15, 0.2) is 11.3 Å². The number of hydrogen-bond donors (Lipinski definition) is 1. The third-order valence-electron chi connectivity index (χ3n) is 2.83. The molecule has 2 heterocycles. The Hall–Kier alpha value is -1.82. The lowest BCUT2D eigenvalue weighted by molar-refractivity contribution is 0.0690. The van der Waals surface area contributed by atoms with Crippen LogP contribution in [0.3, 0.4) is 0 Å². The molecule has 0 spiro atoms. The molecule has 0 aliphatic heterocycles. The van der Waals surface area contributed by atoms with Crippen LogP contribution in [-0.2, 0) is 0 Å². The van der Waals surface area contributed by atoms with Crippen LogP contribution in [0, 0.1) is 0 Å². The first-order valence-electron chi connectivity index (χ1n) is 5.71. The maximum absolute atomic E-state index is 11.0. The molecule has 0 amide bonds. The summed E-state index contributed by atoms with van der Waals surface area (Å²) in [5, 5.41) is 13.7. The predicted octanol–water partition coefficient (Wildman–Crippen LogP) is 4.05. The van der Waals surface area contributed by atoms with Crippen LogP contribution in [-0.4, -0.2) is 25.7 Å². The van der Waals surface area contributed by atoms with E-state index in [0.29, 0.717) is 16.1 Å². The molecule has 0 saturated heterocycles. The molecule has 21 heavy (non-hydrogen) atoms. The van der Waals surface area contributed by atoms with E-state index >= 15 is 0 Å². The van der Waals surface area contributed by atoms with Crippen LogP contribution in [0.25, 0.3) is 16.8 Å². The molecule has 3 aromatic rings. The zero-order chi connectivity index (χ0) is 15.1. The smallest absolute Gasteiger partial charge is 0.356 e. The summed E-state index contributed by atoms with van der Waals surface area (Å²) >= 11 is 18.4. The fourth-order valence-corrected chi connectivity index (χ4v) is 2.78. The van der Waals surface area contributed by atoms with Crippen LogP contribution in [0.15, 0.2) is 30.3 Å². The van der Waals surface area contributed by atoms with Gasteiger partial charge in [-0.05, 0) is 17.7 Å². The van der Waals surface area contributed by atoms with E-state index in [0.717, 1.165) is 0 Å². The Kier molecular flexibility index (Phi) is 3.49. The molecular weight excluding hydrogens is 337 g/mol. The van der Waals surface area contributed by atoms with Gasteiger partial charge in [0.1, 0.15) is 10.3 Å². The number of aromatic nitrogens is 3. The third kappa shape index (κ3) is 2.44. The van der Waals surface area contributed by atoms with Crippen LogP contribution in [0.2, 0.25) is 15.3 Å². The number of rotatable bonds is 2. The Morgan fingerprint density at radius 1 is 1.19 bits per heavy atom. The molecule has 0 atom stereocenters. The van der Waals surface area contributed by atoms with E-state index in [-0.39, 0.29) is 21.6 Å². The molecule has 0 aliphatic rings. The normalized spacial score (nSPS) is 11.0. The minimum atomic E-state index is -1.17. The minimum absolute atomic E-state index is 0.145. The Bertz CT molecular complexity index is 876. The average molecular weight is 343 g/mol. The Morgan fingerprint density at radius 2 is 1.95 bits per heavy atom. The fourth-order valence-electron chi connectivity index (χ4n) is 1.93. The van der Waals surface area contributed by atoms with Crippen molar-refractivity contribution in [3.8, 4) is 11.1 Å². The van der Waals surface area contributed by atoms with Crippen LogP contribution < -0.4 is 0 Å². The largest absolute Gasteiger partial charge is 0.476 e. The molecule has 2 aromatic heterocycles. The first-order chi connectivity index (χ1) is 9.97. The quantitative estimate of drug-likeness (QED) is 0.713. The van der Waals surface area contributed by atoms with Gasteiger partial charge in [-0.2, -0.15) is 5.10 Å². The summed E-state index contributed by atoms with van der Waals surface area (Å²) in [7, 11) is 0. The standard InChI is InChI=1S/C13H6Cl3N3O2/c14-7-3-1-2-6(4-7)10-11(15)17-9-5-8(13(20)21)18-19(9)12(10)16/h1-5H,(H,20,21). The Labute approximate surface area is 133 Å². The van der Waals surface area contributed by atoms with E-state index in [9.17, 15) is 4.79 Å². The van der Waals surface area contributed by atoms with Gasteiger partial charge >= 0.3 is 5.97 Å². The highest BCUT2D eigenvalue weighted by molar-refractivity contribution is 6.38. The summed E-state index contributed by atoms with van der Waals surface area (Å²) in [6, 6.07) is 8.22. The molecule has 0 saturated carbocycles. The molecule has 5 nitrogen and oxygen atoms in total. The van der Waals surface area contributed by atoms with Gasteiger partial charge in [0.05, 0.1) is 5.56 Å². The maximum Gasteiger partial charge on any atom is 0.356 e. The molecule has 0 unspecified atom stereocenters. The van der Waals surface area contributed by atoms with Gasteiger partial charge in [0, 0.05) is 11.1 Å². The molecule has 0 bridgehead atoms. The number of hydrogen-bond acceptors (Lipinski definition) is 3. The molecule has 1 N–H and O–H groups in total. The molecule has 0 aliphatic carbocycles. The number of carboxylic acid groups (broad SMARTS) is 1. The number of nitrogens with zero attached hydrogens (tertiary/aromatic N) is 3. The van der Waals surface area contributed by atoms with E-state index in [4.69, 9.17) is 39.9 Å². The van der Waals surface area contributed by atoms with Crippen molar-refractivity contribution >= 4 is 46.4 Å². The van der Waals surface area contributed by atoms with Crippen molar-refractivity contribution in [2.24, 2.45) is 0 Å². The molecule has 0 fully saturated rings. The maximum atomic E-state index is 11.0. The number of aromatic carboxylic acids is 1. The first kappa shape index (κ1) is 14.1. The van der Waals surface area contributed by atoms with E-state index in [1.807, 2.05) is 0 Å².